The van der Waals surface area contributed by atoms with Crippen molar-refractivity contribution in [3.05, 3.63) is 53.6 Å². The van der Waals surface area contributed by atoms with Crippen molar-refractivity contribution >= 4 is 11.6 Å². The molecule has 2 rings (SSSR count). The molecule has 0 aliphatic heterocycles. The van der Waals surface area contributed by atoms with Crippen LogP contribution in [-0.4, -0.2) is 38.2 Å². The Hall–Kier alpha value is -2.73. The third-order valence-corrected chi connectivity index (χ3v) is 4.50. The van der Waals surface area contributed by atoms with E-state index in [1.807, 2.05) is 24.3 Å². The lowest BCUT2D eigenvalue weighted by Crippen LogP contribution is -2.24. The molecule has 2 aromatic carbocycles. The molecule has 0 heterocycles. The Labute approximate surface area is 162 Å². The zero-order valence-corrected chi connectivity index (χ0v) is 16.7. The number of anilines is 1. The van der Waals surface area contributed by atoms with E-state index in [0.29, 0.717) is 18.3 Å². The smallest absolute Gasteiger partial charge is 0.193 e. The topological polar surface area (TPSA) is 72.1 Å². The maximum Gasteiger partial charge on any atom is 0.193 e. The summed E-state index contributed by atoms with van der Waals surface area (Å²) >= 11 is 0. The number of rotatable bonds is 9. The van der Waals surface area contributed by atoms with Gasteiger partial charge in [0.1, 0.15) is 11.5 Å². The van der Waals surface area contributed by atoms with Crippen LogP contribution >= 0.6 is 0 Å². The van der Waals surface area contributed by atoms with E-state index in [1.54, 1.807) is 14.2 Å². The van der Waals surface area contributed by atoms with Crippen LogP contribution in [0.5, 0.6) is 11.5 Å². The summed E-state index contributed by atoms with van der Waals surface area (Å²) < 4.78 is 10.6. The van der Waals surface area contributed by atoms with Crippen molar-refractivity contribution in [2.45, 2.75) is 26.9 Å². The summed E-state index contributed by atoms with van der Waals surface area (Å²) in [4.78, 5) is 6.89. The molecule has 6 nitrogen and oxygen atoms in total. The van der Waals surface area contributed by atoms with Gasteiger partial charge in [0.2, 0.25) is 0 Å². The molecule has 0 saturated carbocycles. The van der Waals surface area contributed by atoms with E-state index in [9.17, 15) is 0 Å². The molecule has 0 bridgehead atoms. The molecule has 0 amide bonds. The predicted octanol–water partition coefficient (Wildman–Crippen LogP) is 3.47. The predicted molar refractivity (Wildman–Crippen MR) is 112 cm³/mol. The molecule has 6 heteroatoms. The lowest BCUT2D eigenvalue weighted by molar-refractivity contribution is 0.295. The van der Waals surface area contributed by atoms with Gasteiger partial charge in [0.15, 0.2) is 5.96 Å². The zero-order chi connectivity index (χ0) is 19.6. The van der Waals surface area contributed by atoms with Crippen LogP contribution < -0.4 is 20.5 Å². The van der Waals surface area contributed by atoms with E-state index in [4.69, 9.17) is 15.2 Å². The quantitative estimate of drug-likeness (QED) is 0.522. The SMILES string of the molecule is CCN(CC)Cc1ccccc1CN=C(N)Nc1cc(OC)ccc1OC. The molecule has 146 valence electrons. The number of nitrogens with one attached hydrogen (secondary N) is 1. The van der Waals surface area contributed by atoms with E-state index in [-0.39, 0.29) is 0 Å². The molecule has 0 atom stereocenters. The minimum absolute atomic E-state index is 0.333. The summed E-state index contributed by atoms with van der Waals surface area (Å²) in [5, 5.41) is 3.10. The molecule has 0 aliphatic rings. The van der Waals surface area contributed by atoms with Crippen molar-refractivity contribution in [1.29, 1.82) is 0 Å². The first-order chi connectivity index (χ1) is 13.1. The van der Waals surface area contributed by atoms with Gasteiger partial charge in [-0.15, -0.1) is 0 Å². The highest BCUT2D eigenvalue weighted by atomic mass is 16.5. The number of ether oxygens (including phenoxy) is 2. The van der Waals surface area contributed by atoms with Crippen LogP contribution in [0.2, 0.25) is 0 Å². The Morgan fingerprint density at radius 3 is 2.37 bits per heavy atom. The summed E-state index contributed by atoms with van der Waals surface area (Å²) in [5.74, 6) is 1.73. The Morgan fingerprint density at radius 2 is 1.74 bits per heavy atom. The average Bonchev–Trinajstić information content (AvgIpc) is 2.71. The standard InChI is InChI=1S/C21H30N4O2/c1-5-25(6-2)15-17-10-8-7-9-16(17)14-23-21(22)24-19-13-18(26-3)11-12-20(19)27-4/h7-13H,5-6,14-15H2,1-4H3,(H3,22,23,24). The van der Waals surface area contributed by atoms with Gasteiger partial charge in [-0.1, -0.05) is 38.1 Å². The lowest BCUT2D eigenvalue weighted by atomic mass is 10.1. The van der Waals surface area contributed by atoms with Gasteiger partial charge in [0.25, 0.3) is 0 Å². The van der Waals surface area contributed by atoms with Gasteiger partial charge in [-0.3, -0.25) is 4.90 Å². The summed E-state index contributed by atoms with van der Waals surface area (Å²) in [5.41, 5.74) is 9.27. The lowest BCUT2D eigenvalue weighted by Gasteiger charge is -2.19. The molecule has 3 N–H and O–H groups in total. The van der Waals surface area contributed by atoms with Gasteiger partial charge in [0, 0.05) is 12.6 Å². The number of methoxy groups -OCH3 is 2. The van der Waals surface area contributed by atoms with Gasteiger partial charge < -0.3 is 20.5 Å². The molecular formula is C21H30N4O2. The second-order valence-corrected chi connectivity index (χ2v) is 6.12. The molecule has 0 spiro atoms. The van der Waals surface area contributed by atoms with Crippen LogP contribution in [0.15, 0.2) is 47.5 Å². The normalized spacial score (nSPS) is 11.5. The van der Waals surface area contributed by atoms with Crippen LogP contribution in [0.4, 0.5) is 5.69 Å². The second kappa shape index (κ2) is 10.4. The van der Waals surface area contributed by atoms with Crippen LogP contribution in [0.1, 0.15) is 25.0 Å². The number of nitrogens with zero attached hydrogens (tertiary/aromatic N) is 2. The fourth-order valence-electron chi connectivity index (χ4n) is 2.81. The van der Waals surface area contributed by atoms with Crippen LogP contribution in [0.3, 0.4) is 0 Å². The van der Waals surface area contributed by atoms with Gasteiger partial charge in [0.05, 0.1) is 26.5 Å². The number of nitrogens with two attached hydrogens (primary N) is 1. The highest BCUT2D eigenvalue weighted by Gasteiger charge is 2.08. The molecule has 0 aromatic heterocycles. The Kier molecular flexibility index (Phi) is 7.95. The average molecular weight is 370 g/mol. The maximum absolute atomic E-state index is 6.10. The van der Waals surface area contributed by atoms with Gasteiger partial charge in [-0.2, -0.15) is 0 Å². The Bertz CT molecular complexity index is 758. The molecule has 2 aromatic rings. The summed E-state index contributed by atoms with van der Waals surface area (Å²) in [6, 6.07) is 13.8. The number of benzene rings is 2. The van der Waals surface area contributed by atoms with Crippen LogP contribution in [-0.2, 0) is 13.1 Å². The summed E-state index contributed by atoms with van der Waals surface area (Å²) in [7, 11) is 3.24. The van der Waals surface area contributed by atoms with Gasteiger partial charge in [-0.25, -0.2) is 4.99 Å². The monoisotopic (exact) mass is 370 g/mol. The number of hydrogen-bond acceptors (Lipinski definition) is 4. The van der Waals surface area contributed by atoms with Gasteiger partial charge >= 0.3 is 0 Å². The fraction of sp³-hybridized carbons (Fsp3) is 0.381. The highest BCUT2D eigenvalue weighted by molar-refractivity contribution is 5.94. The van der Waals surface area contributed by atoms with Crippen molar-refractivity contribution in [3.63, 3.8) is 0 Å². The number of guanidine groups is 1. The van der Waals surface area contributed by atoms with Gasteiger partial charge in [-0.05, 0) is 36.3 Å². The number of hydrogen-bond donors (Lipinski definition) is 2. The molecule has 0 radical (unpaired) electrons. The Morgan fingerprint density at radius 1 is 1.04 bits per heavy atom. The van der Waals surface area contributed by atoms with E-state index in [1.165, 1.54) is 11.1 Å². The van der Waals surface area contributed by atoms with Crippen molar-refractivity contribution in [2.75, 3.05) is 32.6 Å². The Balaban J connectivity index is 2.12. The van der Waals surface area contributed by atoms with Crippen molar-refractivity contribution in [3.8, 4) is 11.5 Å². The molecule has 0 aliphatic carbocycles. The molecule has 0 unspecified atom stereocenters. The first kappa shape index (κ1) is 20.6. The third-order valence-electron chi connectivity index (χ3n) is 4.50. The zero-order valence-electron chi connectivity index (χ0n) is 16.7. The van der Waals surface area contributed by atoms with Crippen molar-refractivity contribution in [1.82, 2.24) is 4.90 Å². The van der Waals surface area contributed by atoms with E-state index < -0.39 is 0 Å². The van der Waals surface area contributed by atoms with E-state index in [0.717, 1.165) is 31.1 Å². The van der Waals surface area contributed by atoms with Crippen molar-refractivity contribution < 1.29 is 9.47 Å². The minimum atomic E-state index is 0.333. The first-order valence-electron chi connectivity index (χ1n) is 9.19. The summed E-state index contributed by atoms with van der Waals surface area (Å²) in [6.07, 6.45) is 0. The minimum Gasteiger partial charge on any atom is -0.497 e. The molecule has 0 saturated heterocycles. The largest absolute Gasteiger partial charge is 0.497 e. The van der Waals surface area contributed by atoms with Crippen molar-refractivity contribution in [2.24, 2.45) is 10.7 Å². The van der Waals surface area contributed by atoms with Crippen LogP contribution in [0.25, 0.3) is 0 Å². The summed E-state index contributed by atoms with van der Waals surface area (Å²) in [6.45, 7) is 7.82. The number of aliphatic imine (C=N–C) groups is 1. The highest BCUT2D eigenvalue weighted by Crippen LogP contribution is 2.28. The first-order valence-corrected chi connectivity index (χ1v) is 9.19. The maximum atomic E-state index is 6.10. The molecular weight excluding hydrogens is 340 g/mol. The van der Waals surface area contributed by atoms with E-state index in [2.05, 4.69) is 47.3 Å². The third kappa shape index (κ3) is 5.89. The fourth-order valence-corrected chi connectivity index (χ4v) is 2.81. The van der Waals surface area contributed by atoms with Crippen LogP contribution in [0, 0.1) is 0 Å². The molecule has 27 heavy (non-hydrogen) atoms. The van der Waals surface area contributed by atoms with E-state index >= 15 is 0 Å². The molecule has 0 fully saturated rings. The second-order valence-electron chi connectivity index (χ2n) is 6.12.